The number of fused-ring (bicyclic) bond motifs is 1. The van der Waals surface area contributed by atoms with Crippen molar-refractivity contribution < 1.29 is 9.59 Å². The lowest BCUT2D eigenvalue weighted by molar-refractivity contribution is -0.121. The van der Waals surface area contributed by atoms with Crippen LogP contribution in [0.15, 0.2) is 48.7 Å². The Labute approximate surface area is 163 Å². The first kappa shape index (κ1) is 18.2. The summed E-state index contributed by atoms with van der Waals surface area (Å²) in [6.45, 7) is 1.91. The standard InChI is InChI=1S/C21H23N5O2/c1-25-11-9-14(10-12-25)21(28)23-16-5-7-17(8-6-16)26-13-15-3-2-4-18(20(22)27)19(15)24-26/h2-8,13-14H,9-12H2,1H3,(H2,22,27)(H,23,28). The number of rotatable bonds is 4. The molecule has 0 aliphatic carbocycles. The molecular formula is C21H23N5O2. The van der Waals surface area contributed by atoms with E-state index >= 15 is 0 Å². The molecule has 0 spiro atoms. The zero-order valence-electron chi connectivity index (χ0n) is 15.8. The molecule has 0 bridgehead atoms. The van der Waals surface area contributed by atoms with Gasteiger partial charge < -0.3 is 16.0 Å². The van der Waals surface area contributed by atoms with E-state index in [-0.39, 0.29) is 11.8 Å². The van der Waals surface area contributed by atoms with Crippen molar-refractivity contribution in [3.05, 3.63) is 54.2 Å². The molecule has 1 aromatic heterocycles. The molecule has 2 heterocycles. The molecule has 1 aliphatic heterocycles. The fourth-order valence-corrected chi connectivity index (χ4v) is 3.59. The van der Waals surface area contributed by atoms with Crippen LogP contribution in [-0.2, 0) is 4.79 Å². The summed E-state index contributed by atoms with van der Waals surface area (Å²) in [5.41, 5.74) is 8.01. The molecule has 3 N–H and O–H groups in total. The minimum absolute atomic E-state index is 0.0690. The second kappa shape index (κ2) is 7.44. The van der Waals surface area contributed by atoms with Gasteiger partial charge >= 0.3 is 0 Å². The smallest absolute Gasteiger partial charge is 0.250 e. The van der Waals surface area contributed by atoms with Crippen molar-refractivity contribution in [2.75, 3.05) is 25.5 Å². The predicted octanol–water partition coefficient (Wildman–Crippen LogP) is 2.40. The highest BCUT2D eigenvalue weighted by atomic mass is 16.2. The van der Waals surface area contributed by atoms with Crippen molar-refractivity contribution in [3.8, 4) is 5.69 Å². The normalized spacial score (nSPS) is 15.6. The molecule has 28 heavy (non-hydrogen) atoms. The monoisotopic (exact) mass is 377 g/mol. The Kier molecular flexibility index (Phi) is 4.83. The Morgan fingerprint density at radius 2 is 1.82 bits per heavy atom. The number of hydrogen-bond donors (Lipinski definition) is 2. The number of nitrogens with one attached hydrogen (secondary N) is 1. The van der Waals surface area contributed by atoms with Gasteiger partial charge in [0.25, 0.3) is 5.91 Å². The summed E-state index contributed by atoms with van der Waals surface area (Å²) in [7, 11) is 2.08. The van der Waals surface area contributed by atoms with Gasteiger partial charge in [-0.15, -0.1) is 0 Å². The summed E-state index contributed by atoms with van der Waals surface area (Å²) in [5, 5.41) is 8.35. The van der Waals surface area contributed by atoms with E-state index in [1.54, 1.807) is 16.8 Å². The maximum Gasteiger partial charge on any atom is 0.250 e. The van der Waals surface area contributed by atoms with Crippen LogP contribution in [-0.4, -0.2) is 46.6 Å². The number of carbonyl (C=O) groups excluding carboxylic acids is 2. The molecule has 0 atom stereocenters. The van der Waals surface area contributed by atoms with Gasteiger partial charge in [-0.1, -0.05) is 12.1 Å². The minimum atomic E-state index is -0.497. The van der Waals surface area contributed by atoms with Gasteiger partial charge in [-0.05, 0) is 63.3 Å². The van der Waals surface area contributed by atoms with E-state index in [0.29, 0.717) is 11.1 Å². The lowest BCUT2D eigenvalue weighted by Crippen LogP contribution is -2.35. The molecule has 4 rings (SSSR count). The van der Waals surface area contributed by atoms with E-state index in [1.165, 1.54) is 0 Å². The number of primary amides is 1. The van der Waals surface area contributed by atoms with Crippen LogP contribution in [0.2, 0.25) is 0 Å². The Bertz CT molecular complexity index is 1020. The Morgan fingerprint density at radius 3 is 2.50 bits per heavy atom. The highest BCUT2D eigenvalue weighted by Gasteiger charge is 2.23. The number of nitrogens with two attached hydrogens (primary N) is 1. The number of amides is 2. The summed E-state index contributed by atoms with van der Waals surface area (Å²) in [4.78, 5) is 26.3. The average Bonchev–Trinajstić information content (AvgIpc) is 3.13. The van der Waals surface area contributed by atoms with Crippen LogP contribution in [0.25, 0.3) is 16.6 Å². The van der Waals surface area contributed by atoms with Crippen molar-refractivity contribution in [1.82, 2.24) is 14.7 Å². The van der Waals surface area contributed by atoms with Gasteiger partial charge in [-0.25, -0.2) is 4.68 Å². The van der Waals surface area contributed by atoms with E-state index in [4.69, 9.17) is 5.73 Å². The van der Waals surface area contributed by atoms with Crippen LogP contribution in [0.3, 0.4) is 0 Å². The minimum Gasteiger partial charge on any atom is -0.366 e. The van der Waals surface area contributed by atoms with E-state index < -0.39 is 5.91 Å². The topological polar surface area (TPSA) is 93.3 Å². The average molecular weight is 377 g/mol. The Balaban J connectivity index is 1.50. The van der Waals surface area contributed by atoms with Crippen molar-refractivity contribution in [2.24, 2.45) is 11.7 Å². The van der Waals surface area contributed by atoms with E-state index in [0.717, 1.165) is 42.7 Å². The number of hydrogen-bond acceptors (Lipinski definition) is 4. The summed E-state index contributed by atoms with van der Waals surface area (Å²) < 4.78 is 1.71. The van der Waals surface area contributed by atoms with Crippen LogP contribution in [0.4, 0.5) is 5.69 Å². The molecule has 0 radical (unpaired) electrons. The number of likely N-dealkylation sites (tertiary alicyclic amines) is 1. The van der Waals surface area contributed by atoms with Gasteiger partial charge in [0.15, 0.2) is 0 Å². The molecule has 2 amide bonds. The van der Waals surface area contributed by atoms with Crippen LogP contribution < -0.4 is 11.1 Å². The van der Waals surface area contributed by atoms with Crippen molar-refractivity contribution in [1.29, 1.82) is 0 Å². The number of benzene rings is 2. The van der Waals surface area contributed by atoms with Crippen LogP contribution in [0, 0.1) is 5.92 Å². The third-order valence-electron chi connectivity index (χ3n) is 5.29. The first-order valence-electron chi connectivity index (χ1n) is 9.39. The Morgan fingerprint density at radius 1 is 1.11 bits per heavy atom. The predicted molar refractivity (Wildman–Crippen MR) is 108 cm³/mol. The third kappa shape index (κ3) is 3.61. The molecule has 0 unspecified atom stereocenters. The highest BCUT2D eigenvalue weighted by molar-refractivity contribution is 6.04. The van der Waals surface area contributed by atoms with Gasteiger partial charge in [0.05, 0.1) is 11.3 Å². The summed E-state index contributed by atoms with van der Waals surface area (Å²) >= 11 is 0. The third-order valence-corrected chi connectivity index (χ3v) is 5.29. The lowest BCUT2D eigenvalue weighted by atomic mass is 9.96. The van der Waals surface area contributed by atoms with Crippen molar-refractivity contribution in [3.63, 3.8) is 0 Å². The lowest BCUT2D eigenvalue weighted by Gasteiger charge is -2.28. The summed E-state index contributed by atoms with van der Waals surface area (Å²) in [6.07, 6.45) is 3.64. The van der Waals surface area contributed by atoms with Crippen molar-refractivity contribution in [2.45, 2.75) is 12.8 Å². The van der Waals surface area contributed by atoms with Crippen LogP contribution >= 0.6 is 0 Å². The zero-order valence-corrected chi connectivity index (χ0v) is 15.8. The van der Waals surface area contributed by atoms with Crippen LogP contribution in [0.5, 0.6) is 0 Å². The molecule has 144 valence electrons. The maximum absolute atomic E-state index is 12.5. The quantitative estimate of drug-likeness (QED) is 0.730. The van der Waals surface area contributed by atoms with Gasteiger partial charge in [0, 0.05) is 23.2 Å². The molecule has 7 heteroatoms. The maximum atomic E-state index is 12.5. The first-order chi connectivity index (χ1) is 13.5. The molecule has 1 aliphatic rings. The van der Waals surface area contributed by atoms with E-state index in [1.807, 2.05) is 36.5 Å². The zero-order chi connectivity index (χ0) is 19.7. The number of nitrogens with zero attached hydrogens (tertiary/aromatic N) is 3. The largest absolute Gasteiger partial charge is 0.366 e. The molecule has 1 saturated heterocycles. The number of anilines is 1. The fraction of sp³-hybridized carbons (Fsp3) is 0.286. The highest BCUT2D eigenvalue weighted by Crippen LogP contribution is 2.22. The van der Waals surface area contributed by atoms with Gasteiger partial charge in [0.2, 0.25) is 5.91 Å². The molecule has 0 saturated carbocycles. The van der Waals surface area contributed by atoms with Crippen molar-refractivity contribution >= 4 is 28.4 Å². The number of piperidine rings is 1. The number of carbonyl (C=O) groups is 2. The van der Waals surface area contributed by atoms with Crippen LogP contribution in [0.1, 0.15) is 23.2 Å². The SMILES string of the molecule is CN1CCC(C(=O)Nc2ccc(-n3cc4cccc(C(N)=O)c4n3)cc2)CC1. The van der Waals surface area contributed by atoms with E-state index in [9.17, 15) is 9.59 Å². The Hall–Kier alpha value is -3.19. The first-order valence-corrected chi connectivity index (χ1v) is 9.39. The van der Waals surface area contributed by atoms with Gasteiger partial charge in [0.1, 0.15) is 5.52 Å². The molecule has 1 fully saturated rings. The second-order valence-corrected chi connectivity index (χ2v) is 7.30. The molecular weight excluding hydrogens is 354 g/mol. The summed E-state index contributed by atoms with van der Waals surface area (Å²) in [5.74, 6) is -0.348. The van der Waals surface area contributed by atoms with E-state index in [2.05, 4.69) is 22.4 Å². The fourth-order valence-electron chi connectivity index (χ4n) is 3.59. The molecule has 2 aromatic carbocycles. The van der Waals surface area contributed by atoms with Gasteiger partial charge in [-0.3, -0.25) is 9.59 Å². The molecule has 7 nitrogen and oxygen atoms in total. The summed E-state index contributed by atoms with van der Waals surface area (Å²) in [6, 6.07) is 12.9. The number of aromatic nitrogens is 2. The second-order valence-electron chi connectivity index (χ2n) is 7.30. The molecule has 3 aromatic rings. The van der Waals surface area contributed by atoms with Gasteiger partial charge in [-0.2, -0.15) is 5.10 Å².